The molecule has 0 unspecified atom stereocenters. The van der Waals surface area contributed by atoms with Crippen LogP contribution in [0.25, 0.3) is 0 Å². The molecule has 0 bridgehead atoms. The molecule has 0 radical (unpaired) electrons. The molecule has 1 aliphatic carbocycles. The Morgan fingerprint density at radius 3 is 2.70 bits per heavy atom. The Labute approximate surface area is 58.3 Å². The summed E-state index contributed by atoms with van der Waals surface area (Å²) < 4.78 is 0. The van der Waals surface area contributed by atoms with Crippen LogP contribution in [0.3, 0.4) is 0 Å². The molecule has 3 heteroatoms. The summed E-state index contributed by atoms with van der Waals surface area (Å²) in [5.74, 6) is -1.08. The lowest BCUT2D eigenvalue weighted by Gasteiger charge is -2.05. The van der Waals surface area contributed by atoms with E-state index in [2.05, 4.69) is 0 Å². The number of aliphatic carboxylic acids is 1. The number of aliphatic hydroxyl groups excluding tert-OH is 1. The highest BCUT2D eigenvalue weighted by atomic mass is 16.4. The van der Waals surface area contributed by atoms with E-state index in [0.29, 0.717) is 6.42 Å². The average molecular weight is 140 g/mol. The summed E-state index contributed by atoms with van der Waals surface area (Å²) in [6.45, 7) is 0. The average Bonchev–Trinajstić information content (AvgIpc) is 1.88. The molecule has 0 spiro atoms. The Hall–Kier alpha value is -1.25. The third-order valence-corrected chi connectivity index (χ3v) is 1.37. The molecule has 0 aromatic carbocycles. The fraction of sp³-hybridized carbons (Fsp3) is 0.286. The number of hydrogen-bond acceptors (Lipinski definition) is 2. The van der Waals surface area contributed by atoms with Crippen molar-refractivity contribution in [3.8, 4) is 0 Å². The van der Waals surface area contributed by atoms with Crippen molar-refractivity contribution in [2.24, 2.45) is 0 Å². The van der Waals surface area contributed by atoms with Gasteiger partial charge in [0.2, 0.25) is 0 Å². The topological polar surface area (TPSA) is 57.5 Å². The molecule has 0 heterocycles. The van der Waals surface area contributed by atoms with Crippen LogP contribution in [-0.2, 0) is 4.79 Å². The van der Waals surface area contributed by atoms with Crippen molar-refractivity contribution in [1.82, 2.24) is 0 Å². The summed E-state index contributed by atoms with van der Waals surface area (Å²) in [6, 6.07) is 0. The van der Waals surface area contributed by atoms with Crippen LogP contribution < -0.4 is 0 Å². The number of allylic oxidation sites excluding steroid dienone is 2. The number of aliphatic hydroxyl groups is 1. The van der Waals surface area contributed by atoms with Crippen molar-refractivity contribution in [2.45, 2.75) is 12.8 Å². The summed E-state index contributed by atoms with van der Waals surface area (Å²) in [7, 11) is 0. The van der Waals surface area contributed by atoms with Crippen molar-refractivity contribution >= 4 is 5.97 Å². The summed E-state index contributed by atoms with van der Waals surface area (Å²) >= 11 is 0. The number of carbonyl (C=O) groups is 1. The molecule has 1 rings (SSSR count). The maximum atomic E-state index is 10.3. The van der Waals surface area contributed by atoms with Crippen LogP contribution in [0.2, 0.25) is 0 Å². The van der Waals surface area contributed by atoms with Crippen molar-refractivity contribution in [1.29, 1.82) is 0 Å². The van der Waals surface area contributed by atoms with Gasteiger partial charge < -0.3 is 10.2 Å². The van der Waals surface area contributed by atoms with E-state index < -0.39 is 5.97 Å². The molecule has 0 aliphatic heterocycles. The maximum Gasteiger partial charge on any atom is 0.339 e. The van der Waals surface area contributed by atoms with Crippen LogP contribution in [0.15, 0.2) is 23.5 Å². The highest BCUT2D eigenvalue weighted by Crippen LogP contribution is 2.15. The Morgan fingerprint density at radius 1 is 1.60 bits per heavy atom. The Morgan fingerprint density at radius 2 is 2.30 bits per heavy atom. The molecule has 10 heavy (non-hydrogen) atoms. The quantitative estimate of drug-likeness (QED) is 0.576. The van der Waals surface area contributed by atoms with Crippen LogP contribution >= 0.6 is 0 Å². The van der Waals surface area contributed by atoms with Gasteiger partial charge >= 0.3 is 5.97 Å². The molecule has 0 saturated heterocycles. The number of rotatable bonds is 1. The minimum atomic E-state index is -1.06. The second-order valence-electron chi connectivity index (χ2n) is 2.11. The molecular formula is C7H8O3. The van der Waals surface area contributed by atoms with E-state index in [1.54, 1.807) is 6.08 Å². The van der Waals surface area contributed by atoms with Crippen molar-refractivity contribution in [3.05, 3.63) is 23.5 Å². The van der Waals surface area contributed by atoms with Gasteiger partial charge in [0.25, 0.3) is 0 Å². The van der Waals surface area contributed by atoms with Gasteiger partial charge in [-0.2, -0.15) is 0 Å². The zero-order chi connectivity index (χ0) is 7.56. The van der Waals surface area contributed by atoms with Gasteiger partial charge in [-0.1, -0.05) is 6.08 Å². The normalized spacial score (nSPS) is 17.6. The number of carboxylic acid groups (broad SMARTS) is 1. The van der Waals surface area contributed by atoms with E-state index in [1.165, 1.54) is 6.08 Å². The highest BCUT2D eigenvalue weighted by Gasteiger charge is 2.12. The molecule has 3 nitrogen and oxygen atoms in total. The van der Waals surface area contributed by atoms with Crippen LogP contribution in [-0.4, -0.2) is 16.2 Å². The van der Waals surface area contributed by atoms with Gasteiger partial charge in [-0.15, -0.1) is 0 Å². The standard InChI is InChI=1S/C7H8O3/c8-6-4-2-1-3-5(6)7(9)10/h1,3,8H,2,4H2,(H,9,10). The van der Waals surface area contributed by atoms with E-state index in [4.69, 9.17) is 10.2 Å². The minimum Gasteiger partial charge on any atom is -0.511 e. The van der Waals surface area contributed by atoms with Crippen LogP contribution in [0.4, 0.5) is 0 Å². The third kappa shape index (κ3) is 1.18. The van der Waals surface area contributed by atoms with Gasteiger partial charge in [-0.3, -0.25) is 0 Å². The van der Waals surface area contributed by atoms with E-state index in [9.17, 15) is 4.79 Å². The van der Waals surface area contributed by atoms with Gasteiger partial charge in [0, 0.05) is 6.42 Å². The molecule has 0 amide bonds. The third-order valence-electron chi connectivity index (χ3n) is 1.37. The summed E-state index contributed by atoms with van der Waals surface area (Å²) in [6.07, 6.45) is 4.34. The zero-order valence-corrected chi connectivity index (χ0v) is 5.37. The lowest BCUT2D eigenvalue weighted by molar-refractivity contribution is -0.132. The lowest BCUT2D eigenvalue weighted by atomic mass is 10.1. The largest absolute Gasteiger partial charge is 0.511 e. The van der Waals surface area contributed by atoms with Crippen molar-refractivity contribution in [2.75, 3.05) is 0 Å². The second kappa shape index (κ2) is 2.56. The molecule has 0 fully saturated rings. The summed E-state index contributed by atoms with van der Waals surface area (Å²) in [4.78, 5) is 10.3. The molecule has 0 atom stereocenters. The fourth-order valence-electron chi connectivity index (χ4n) is 0.847. The smallest absolute Gasteiger partial charge is 0.339 e. The van der Waals surface area contributed by atoms with E-state index in [0.717, 1.165) is 6.42 Å². The van der Waals surface area contributed by atoms with E-state index in [1.807, 2.05) is 0 Å². The Kier molecular flexibility index (Phi) is 1.76. The molecule has 1 aliphatic rings. The molecular weight excluding hydrogens is 132 g/mol. The Bertz CT molecular complexity index is 213. The van der Waals surface area contributed by atoms with Crippen molar-refractivity contribution in [3.63, 3.8) is 0 Å². The first-order valence-corrected chi connectivity index (χ1v) is 3.04. The van der Waals surface area contributed by atoms with Crippen molar-refractivity contribution < 1.29 is 15.0 Å². The minimum absolute atomic E-state index is 0.0185. The van der Waals surface area contributed by atoms with Crippen LogP contribution in [0.5, 0.6) is 0 Å². The van der Waals surface area contributed by atoms with E-state index in [-0.39, 0.29) is 11.3 Å². The van der Waals surface area contributed by atoms with Gasteiger partial charge in [-0.25, -0.2) is 4.79 Å². The van der Waals surface area contributed by atoms with Gasteiger partial charge in [-0.05, 0) is 12.5 Å². The predicted octanol–water partition coefficient (Wildman–Crippen LogP) is 1.23. The number of carboxylic acids is 1. The molecule has 2 N–H and O–H groups in total. The number of hydrogen-bond donors (Lipinski definition) is 2. The Balaban J connectivity index is 2.90. The van der Waals surface area contributed by atoms with Gasteiger partial charge in [0.1, 0.15) is 5.76 Å². The predicted molar refractivity (Wildman–Crippen MR) is 35.7 cm³/mol. The first kappa shape index (κ1) is 6.86. The second-order valence-corrected chi connectivity index (χ2v) is 2.11. The first-order valence-electron chi connectivity index (χ1n) is 3.04. The lowest BCUT2D eigenvalue weighted by Crippen LogP contribution is -2.04. The van der Waals surface area contributed by atoms with Gasteiger partial charge in [0.15, 0.2) is 0 Å². The fourth-order valence-corrected chi connectivity index (χ4v) is 0.847. The molecule has 0 aromatic heterocycles. The van der Waals surface area contributed by atoms with Crippen LogP contribution in [0, 0.1) is 0 Å². The summed E-state index contributed by atoms with van der Waals surface area (Å²) in [5, 5.41) is 17.4. The zero-order valence-electron chi connectivity index (χ0n) is 5.37. The molecule has 0 aromatic rings. The van der Waals surface area contributed by atoms with E-state index >= 15 is 0 Å². The maximum absolute atomic E-state index is 10.3. The summed E-state index contributed by atoms with van der Waals surface area (Å²) in [5.41, 5.74) is 0.0197. The monoisotopic (exact) mass is 140 g/mol. The SMILES string of the molecule is O=C(O)C1=C(O)CCC=C1. The van der Waals surface area contributed by atoms with Gasteiger partial charge in [0.05, 0.1) is 5.57 Å². The first-order chi connectivity index (χ1) is 4.72. The molecule has 54 valence electrons. The molecule has 0 saturated carbocycles. The van der Waals surface area contributed by atoms with Crippen LogP contribution in [0.1, 0.15) is 12.8 Å². The highest BCUT2D eigenvalue weighted by molar-refractivity contribution is 5.90.